The molecule has 2 aromatic rings. The Morgan fingerprint density at radius 1 is 1.14 bits per heavy atom. The number of aliphatic imine (C=N–C) groups is 1. The summed E-state index contributed by atoms with van der Waals surface area (Å²) in [5.74, 6) is -0.0159. The molecule has 1 atom stereocenters. The third-order valence-electron chi connectivity index (χ3n) is 4.00. The molecule has 0 aliphatic heterocycles. The summed E-state index contributed by atoms with van der Waals surface area (Å²) in [6.07, 6.45) is -0.897. The molecule has 6 nitrogen and oxygen atoms in total. The van der Waals surface area contributed by atoms with Crippen molar-refractivity contribution in [3.63, 3.8) is 0 Å². The van der Waals surface area contributed by atoms with E-state index in [0.29, 0.717) is 18.1 Å². The van der Waals surface area contributed by atoms with Crippen LogP contribution in [0, 0.1) is 5.82 Å². The Labute approximate surface area is 167 Å². The zero-order valence-corrected chi connectivity index (χ0v) is 15.9. The van der Waals surface area contributed by atoms with E-state index in [9.17, 15) is 18.3 Å². The first-order valence-corrected chi connectivity index (χ1v) is 9.06. The fraction of sp³-hybridized carbons (Fsp3) is 0.350. The second kappa shape index (κ2) is 11.3. The Morgan fingerprint density at radius 3 is 2.48 bits per heavy atom. The van der Waals surface area contributed by atoms with Crippen molar-refractivity contribution in [3.8, 4) is 5.75 Å². The van der Waals surface area contributed by atoms with E-state index in [1.165, 1.54) is 30.3 Å². The minimum Gasteiger partial charge on any atom is -0.435 e. The van der Waals surface area contributed by atoms with Gasteiger partial charge in [-0.25, -0.2) is 9.38 Å². The fourth-order valence-corrected chi connectivity index (χ4v) is 2.54. The first kappa shape index (κ1) is 22.5. The average Bonchev–Trinajstić information content (AvgIpc) is 2.71. The van der Waals surface area contributed by atoms with E-state index in [4.69, 9.17) is 5.11 Å². The van der Waals surface area contributed by atoms with Crippen LogP contribution in [0.15, 0.2) is 47.5 Å². The monoisotopic (exact) mass is 411 g/mol. The van der Waals surface area contributed by atoms with Crippen LogP contribution in [0.3, 0.4) is 0 Å². The lowest BCUT2D eigenvalue weighted by atomic mass is 10.1. The van der Waals surface area contributed by atoms with Crippen LogP contribution in [0.25, 0.3) is 0 Å². The highest BCUT2D eigenvalue weighted by atomic mass is 19.3. The third-order valence-corrected chi connectivity index (χ3v) is 4.00. The third kappa shape index (κ3) is 7.28. The quantitative estimate of drug-likeness (QED) is 0.377. The topological polar surface area (TPSA) is 86.1 Å². The number of halogens is 3. The van der Waals surface area contributed by atoms with E-state index < -0.39 is 25.1 Å². The molecular weight excluding hydrogens is 387 g/mol. The summed E-state index contributed by atoms with van der Waals surface area (Å²) in [7, 11) is 0. The predicted octanol–water partition coefficient (Wildman–Crippen LogP) is 2.71. The molecule has 2 aromatic carbocycles. The van der Waals surface area contributed by atoms with Crippen LogP contribution in [0.2, 0.25) is 0 Å². The Bertz CT molecular complexity index is 801. The van der Waals surface area contributed by atoms with Crippen molar-refractivity contribution in [2.24, 2.45) is 4.99 Å². The molecule has 0 radical (unpaired) electrons. The maximum Gasteiger partial charge on any atom is 0.387 e. The molecule has 0 heterocycles. The van der Waals surface area contributed by atoms with Crippen LogP contribution in [0.1, 0.15) is 29.7 Å². The minimum absolute atomic E-state index is 0.0142. The number of aliphatic hydroxyl groups excluding tert-OH is 2. The number of nitrogens with one attached hydrogen (secondary N) is 2. The largest absolute Gasteiger partial charge is 0.435 e. The molecule has 2 rings (SSSR count). The van der Waals surface area contributed by atoms with Gasteiger partial charge < -0.3 is 25.6 Å². The standard InChI is InChI=1S/C20H24F3N3O3/c1-2-24-20(25-10-13-3-8-17(21)15(9-13)12-27)26-11-18(28)14-4-6-16(7-5-14)29-19(22)23/h3-9,18-19,27-28H,2,10-12H2,1H3,(H2,24,25,26). The number of ether oxygens (including phenoxy) is 1. The summed E-state index contributed by atoms with van der Waals surface area (Å²) >= 11 is 0. The second-order valence-electron chi connectivity index (χ2n) is 6.12. The van der Waals surface area contributed by atoms with Gasteiger partial charge in [-0.15, -0.1) is 0 Å². The molecule has 29 heavy (non-hydrogen) atoms. The summed E-state index contributed by atoms with van der Waals surface area (Å²) in [5, 5.41) is 25.5. The van der Waals surface area contributed by atoms with Gasteiger partial charge >= 0.3 is 6.61 Å². The van der Waals surface area contributed by atoms with Gasteiger partial charge in [0.05, 0.1) is 19.3 Å². The van der Waals surface area contributed by atoms with Gasteiger partial charge in [0.1, 0.15) is 11.6 Å². The van der Waals surface area contributed by atoms with Gasteiger partial charge in [0.25, 0.3) is 0 Å². The van der Waals surface area contributed by atoms with E-state index in [1.54, 1.807) is 12.1 Å². The van der Waals surface area contributed by atoms with E-state index in [1.807, 2.05) is 6.92 Å². The molecule has 0 bridgehead atoms. The molecular formula is C20H24F3N3O3. The molecule has 0 aliphatic rings. The van der Waals surface area contributed by atoms with Gasteiger partial charge in [-0.05, 0) is 42.3 Å². The zero-order chi connectivity index (χ0) is 21.2. The number of rotatable bonds is 9. The molecule has 0 fully saturated rings. The van der Waals surface area contributed by atoms with Crippen LogP contribution >= 0.6 is 0 Å². The number of nitrogens with zero attached hydrogens (tertiary/aromatic N) is 1. The number of hydrogen-bond acceptors (Lipinski definition) is 4. The van der Waals surface area contributed by atoms with Gasteiger partial charge in [-0.2, -0.15) is 8.78 Å². The van der Waals surface area contributed by atoms with Crippen molar-refractivity contribution in [2.75, 3.05) is 13.1 Å². The fourth-order valence-electron chi connectivity index (χ4n) is 2.54. The molecule has 0 aromatic heterocycles. The molecule has 0 amide bonds. The summed E-state index contributed by atoms with van der Waals surface area (Å²) in [4.78, 5) is 4.38. The number of aliphatic hydroxyl groups is 2. The van der Waals surface area contributed by atoms with E-state index in [-0.39, 0.29) is 24.4 Å². The maximum absolute atomic E-state index is 13.5. The van der Waals surface area contributed by atoms with Gasteiger partial charge in [0.2, 0.25) is 0 Å². The van der Waals surface area contributed by atoms with Crippen molar-refractivity contribution >= 4 is 5.96 Å². The van der Waals surface area contributed by atoms with Crippen molar-refractivity contribution in [3.05, 3.63) is 65.0 Å². The smallest absolute Gasteiger partial charge is 0.387 e. The second-order valence-corrected chi connectivity index (χ2v) is 6.12. The van der Waals surface area contributed by atoms with Gasteiger partial charge in [0, 0.05) is 18.7 Å². The maximum atomic E-state index is 13.5. The lowest BCUT2D eigenvalue weighted by Gasteiger charge is -2.16. The Hall–Kier alpha value is -2.78. The van der Waals surface area contributed by atoms with Gasteiger partial charge in [-0.3, -0.25) is 0 Å². The van der Waals surface area contributed by atoms with E-state index >= 15 is 0 Å². The average molecular weight is 411 g/mol. The van der Waals surface area contributed by atoms with Crippen molar-refractivity contribution in [2.45, 2.75) is 32.8 Å². The van der Waals surface area contributed by atoms with Crippen molar-refractivity contribution in [1.82, 2.24) is 10.6 Å². The van der Waals surface area contributed by atoms with Crippen LogP contribution in [-0.4, -0.2) is 35.9 Å². The molecule has 9 heteroatoms. The summed E-state index contributed by atoms with van der Waals surface area (Å²) in [5.41, 5.74) is 1.45. The first-order valence-electron chi connectivity index (χ1n) is 9.06. The highest BCUT2D eigenvalue weighted by Gasteiger charge is 2.10. The van der Waals surface area contributed by atoms with Gasteiger partial charge in [0.15, 0.2) is 5.96 Å². The molecule has 158 valence electrons. The predicted molar refractivity (Wildman–Crippen MR) is 103 cm³/mol. The Morgan fingerprint density at radius 2 is 1.86 bits per heavy atom. The first-order chi connectivity index (χ1) is 13.9. The minimum atomic E-state index is -2.90. The normalized spacial score (nSPS) is 12.7. The Kier molecular flexibility index (Phi) is 8.75. The molecule has 0 saturated heterocycles. The lowest BCUT2D eigenvalue weighted by Crippen LogP contribution is -2.39. The molecule has 4 N–H and O–H groups in total. The molecule has 1 unspecified atom stereocenters. The van der Waals surface area contributed by atoms with Crippen molar-refractivity contribution < 1.29 is 28.1 Å². The number of guanidine groups is 1. The van der Waals surface area contributed by atoms with Crippen molar-refractivity contribution in [1.29, 1.82) is 0 Å². The number of hydrogen-bond donors (Lipinski definition) is 4. The summed E-state index contributed by atoms with van der Waals surface area (Å²) in [6.45, 7) is -0.440. The number of alkyl halides is 2. The van der Waals surface area contributed by atoms with Gasteiger partial charge in [-0.1, -0.05) is 18.2 Å². The van der Waals surface area contributed by atoms with E-state index in [0.717, 1.165) is 5.56 Å². The Balaban J connectivity index is 1.96. The molecule has 0 aliphatic carbocycles. The summed E-state index contributed by atoms with van der Waals surface area (Å²) in [6, 6.07) is 10.1. The van der Waals surface area contributed by atoms with Crippen LogP contribution in [0.4, 0.5) is 13.2 Å². The molecule has 0 saturated carbocycles. The van der Waals surface area contributed by atoms with Crippen LogP contribution in [-0.2, 0) is 13.2 Å². The highest BCUT2D eigenvalue weighted by Crippen LogP contribution is 2.19. The lowest BCUT2D eigenvalue weighted by molar-refractivity contribution is -0.0498. The number of benzene rings is 2. The SMILES string of the molecule is CCNC(=NCc1ccc(F)c(CO)c1)NCC(O)c1ccc(OC(F)F)cc1. The zero-order valence-electron chi connectivity index (χ0n) is 15.9. The highest BCUT2D eigenvalue weighted by molar-refractivity contribution is 5.79. The van der Waals surface area contributed by atoms with Crippen LogP contribution < -0.4 is 15.4 Å². The molecule has 0 spiro atoms. The van der Waals surface area contributed by atoms with E-state index in [2.05, 4.69) is 20.4 Å². The van der Waals surface area contributed by atoms with Crippen LogP contribution in [0.5, 0.6) is 5.75 Å². The summed E-state index contributed by atoms with van der Waals surface area (Å²) < 4.78 is 42.1.